The van der Waals surface area contributed by atoms with E-state index in [1.165, 1.54) is 0 Å². The third kappa shape index (κ3) is 2.33. The summed E-state index contributed by atoms with van der Waals surface area (Å²) in [6.45, 7) is 0.623. The first-order chi connectivity index (χ1) is 4.83. The van der Waals surface area contributed by atoms with Crippen molar-refractivity contribution in [2.75, 3.05) is 12.3 Å². The molecule has 1 fully saturated rings. The van der Waals surface area contributed by atoms with Crippen LogP contribution in [0.25, 0.3) is 10.4 Å². The van der Waals surface area contributed by atoms with E-state index in [-0.39, 0.29) is 0 Å². The summed E-state index contributed by atoms with van der Waals surface area (Å²) in [4.78, 5) is 2.71. The van der Waals surface area contributed by atoms with Gasteiger partial charge in [-0.1, -0.05) is 5.11 Å². The molecule has 1 heterocycles. The lowest BCUT2D eigenvalue weighted by Crippen LogP contribution is -2.03. The van der Waals surface area contributed by atoms with Crippen molar-refractivity contribution in [3.63, 3.8) is 0 Å². The Bertz CT molecular complexity index is 155. The van der Waals surface area contributed by atoms with E-state index in [9.17, 15) is 0 Å². The minimum atomic E-state index is 0.504. The van der Waals surface area contributed by atoms with Crippen LogP contribution in [0.4, 0.5) is 0 Å². The Hall–Kier alpha value is 0.0100. The topological polar surface area (TPSA) is 48.8 Å². The van der Waals surface area contributed by atoms with Crippen LogP contribution in [0, 0.1) is 0 Å². The van der Waals surface area contributed by atoms with Crippen LogP contribution >= 0.6 is 24.4 Å². The molecule has 0 saturated carbocycles. The van der Waals surface area contributed by atoms with Crippen molar-refractivity contribution in [2.24, 2.45) is 5.11 Å². The van der Waals surface area contributed by atoms with Gasteiger partial charge >= 0.3 is 0 Å². The zero-order valence-corrected chi connectivity index (χ0v) is 7.18. The van der Waals surface area contributed by atoms with Crippen molar-refractivity contribution in [1.29, 1.82) is 0 Å². The second-order valence-corrected chi connectivity index (χ2v) is 4.32. The van der Waals surface area contributed by atoms with Gasteiger partial charge in [-0.25, -0.2) is 0 Å². The van der Waals surface area contributed by atoms with Crippen molar-refractivity contribution < 1.29 is 0 Å². The fourth-order valence-electron chi connectivity index (χ4n) is 0.942. The molecule has 5 heteroatoms. The highest BCUT2D eigenvalue weighted by Gasteiger charge is 2.21. The van der Waals surface area contributed by atoms with Gasteiger partial charge in [0.1, 0.15) is 0 Å². The highest BCUT2D eigenvalue weighted by molar-refractivity contribution is 8.01. The van der Waals surface area contributed by atoms with E-state index in [1.807, 2.05) is 11.8 Å². The fourth-order valence-corrected chi connectivity index (χ4v) is 2.77. The number of thioether (sulfide) groups is 1. The zero-order chi connectivity index (χ0) is 7.40. The van der Waals surface area contributed by atoms with E-state index in [0.717, 1.165) is 12.2 Å². The number of hydrogen-bond acceptors (Lipinski definition) is 3. The molecule has 1 aliphatic heterocycles. The highest BCUT2D eigenvalue weighted by Crippen LogP contribution is 2.29. The van der Waals surface area contributed by atoms with Crippen molar-refractivity contribution in [1.82, 2.24) is 0 Å². The Labute approximate surface area is 69.6 Å². The Kier molecular flexibility index (Phi) is 3.25. The molecule has 10 heavy (non-hydrogen) atoms. The molecule has 0 bridgehead atoms. The van der Waals surface area contributed by atoms with Crippen LogP contribution < -0.4 is 0 Å². The molecule has 0 spiro atoms. The van der Waals surface area contributed by atoms with Gasteiger partial charge < -0.3 is 0 Å². The van der Waals surface area contributed by atoms with Crippen molar-refractivity contribution in [3.05, 3.63) is 10.4 Å². The quantitative estimate of drug-likeness (QED) is 0.297. The predicted octanol–water partition coefficient (Wildman–Crippen LogP) is 2.10. The van der Waals surface area contributed by atoms with E-state index in [1.54, 1.807) is 0 Å². The molecule has 1 aliphatic rings. The molecule has 2 atom stereocenters. The van der Waals surface area contributed by atoms with Crippen molar-refractivity contribution in [3.8, 4) is 0 Å². The highest BCUT2D eigenvalue weighted by atomic mass is 32.2. The SMILES string of the molecule is [N-]=[N+]=NCC1CC(S)CS1. The Morgan fingerprint density at radius 3 is 3.10 bits per heavy atom. The van der Waals surface area contributed by atoms with Gasteiger partial charge in [0.2, 0.25) is 0 Å². The van der Waals surface area contributed by atoms with Crippen LogP contribution in [0.5, 0.6) is 0 Å². The number of azide groups is 1. The van der Waals surface area contributed by atoms with E-state index >= 15 is 0 Å². The molecule has 1 saturated heterocycles. The van der Waals surface area contributed by atoms with E-state index in [2.05, 4.69) is 22.7 Å². The van der Waals surface area contributed by atoms with Gasteiger partial charge in [0.25, 0.3) is 0 Å². The third-order valence-corrected chi connectivity index (χ3v) is 3.46. The second kappa shape index (κ2) is 4.01. The van der Waals surface area contributed by atoms with Gasteiger partial charge in [-0.3, -0.25) is 0 Å². The lowest BCUT2D eigenvalue weighted by Gasteiger charge is -2.00. The molecule has 0 aromatic carbocycles. The molecular weight excluding hydrogens is 166 g/mol. The molecule has 2 unspecified atom stereocenters. The summed E-state index contributed by atoms with van der Waals surface area (Å²) in [6.07, 6.45) is 1.08. The van der Waals surface area contributed by atoms with Gasteiger partial charge in [-0.15, -0.1) is 0 Å². The summed E-state index contributed by atoms with van der Waals surface area (Å²) in [6, 6.07) is 0. The van der Waals surface area contributed by atoms with Crippen LogP contribution in [-0.4, -0.2) is 22.8 Å². The zero-order valence-electron chi connectivity index (χ0n) is 5.47. The monoisotopic (exact) mass is 175 g/mol. The molecule has 3 nitrogen and oxygen atoms in total. The standard InChI is InChI=1S/C5H9N3S2/c6-8-7-2-5-1-4(9)3-10-5/h4-5,9H,1-3H2. The molecule has 56 valence electrons. The number of hydrogen-bond donors (Lipinski definition) is 1. The normalized spacial score (nSPS) is 31.7. The van der Waals surface area contributed by atoms with Gasteiger partial charge in [0, 0.05) is 27.7 Å². The lowest BCUT2D eigenvalue weighted by atomic mass is 10.2. The van der Waals surface area contributed by atoms with Gasteiger partial charge in [0.15, 0.2) is 0 Å². The second-order valence-electron chi connectivity index (χ2n) is 2.26. The molecule has 0 aromatic rings. The van der Waals surface area contributed by atoms with Crippen LogP contribution in [-0.2, 0) is 0 Å². The third-order valence-electron chi connectivity index (χ3n) is 1.41. The summed E-state index contributed by atoms with van der Waals surface area (Å²) < 4.78 is 0. The maximum atomic E-state index is 8.02. The summed E-state index contributed by atoms with van der Waals surface area (Å²) in [5.41, 5.74) is 8.02. The molecule has 0 N–H and O–H groups in total. The van der Waals surface area contributed by atoms with E-state index in [0.29, 0.717) is 17.0 Å². The maximum Gasteiger partial charge on any atom is 0.0377 e. The van der Waals surface area contributed by atoms with Crippen LogP contribution in [0.3, 0.4) is 0 Å². The first kappa shape index (κ1) is 8.11. The Morgan fingerprint density at radius 2 is 2.60 bits per heavy atom. The predicted molar refractivity (Wildman–Crippen MR) is 47.7 cm³/mol. The molecule has 0 aliphatic carbocycles. The maximum absolute atomic E-state index is 8.02. The lowest BCUT2D eigenvalue weighted by molar-refractivity contribution is 0.797. The summed E-state index contributed by atoms with van der Waals surface area (Å²) in [7, 11) is 0. The fraction of sp³-hybridized carbons (Fsp3) is 1.00. The van der Waals surface area contributed by atoms with Gasteiger partial charge in [0.05, 0.1) is 0 Å². The first-order valence-corrected chi connectivity index (χ1v) is 4.70. The van der Waals surface area contributed by atoms with Gasteiger partial charge in [-0.05, 0) is 12.0 Å². The Morgan fingerprint density at radius 1 is 1.80 bits per heavy atom. The van der Waals surface area contributed by atoms with Crippen LogP contribution in [0.1, 0.15) is 6.42 Å². The van der Waals surface area contributed by atoms with Crippen LogP contribution in [0.2, 0.25) is 0 Å². The summed E-state index contributed by atoms with van der Waals surface area (Å²) in [5.74, 6) is 1.09. The number of thiol groups is 1. The minimum absolute atomic E-state index is 0.504. The minimum Gasteiger partial charge on any atom is -0.175 e. The molecule has 0 aromatic heterocycles. The largest absolute Gasteiger partial charge is 0.175 e. The summed E-state index contributed by atoms with van der Waals surface area (Å²) in [5, 5.41) is 4.53. The Balaban J connectivity index is 2.24. The van der Waals surface area contributed by atoms with Crippen molar-refractivity contribution in [2.45, 2.75) is 16.9 Å². The molecular formula is C5H9N3S2. The van der Waals surface area contributed by atoms with Crippen LogP contribution in [0.15, 0.2) is 5.11 Å². The number of rotatable bonds is 2. The van der Waals surface area contributed by atoms with Gasteiger partial charge in [-0.2, -0.15) is 24.4 Å². The average Bonchev–Trinajstić information content (AvgIpc) is 2.31. The molecule has 1 rings (SSSR count). The van der Waals surface area contributed by atoms with Crippen molar-refractivity contribution >= 4 is 24.4 Å². The van der Waals surface area contributed by atoms with E-state index < -0.39 is 0 Å². The smallest absolute Gasteiger partial charge is 0.0377 e. The van der Waals surface area contributed by atoms with E-state index in [4.69, 9.17) is 5.53 Å². The average molecular weight is 175 g/mol. The number of nitrogens with zero attached hydrogens (tertiary/aromatic N) is 3. The summed E-state index contributed by atoms with van der Waals surface area (Å²) >= 11 is 6.17. The first-order valence-electron chi connectivity index (χ1n) is 3.13. The molecule has 0 amide bonds. The molecule has 0 radical (unpaired) electrons.